The summed E-state index contributed by atoms with van der Waals surface area (Å²) in [6.07, 6.45) is 2.36. The van der Waals surface area contributed by atoms with Crippen molar-refractivity contribution in [1.29, 1.82) is 0 Å². The monoisotopic (exact) mass is 256 g/mol. The van der Waals surface area contributed by atoms with Crippen LogP contribution in [0.5, 0.6) is 0 Å². The summed E-state index contributed by atoms with van der Waals surface area (Å²) in [6.45, 7) is 4.34. The lowest BCUT2D eigenvalue weighted by molar-refractivity contribution is -0.119. The van der Waals surface area contributed by atoms with Crippen molar-refractivity contribution < 1.29 is 4.79 Å². The van der Waals surface area contributed by atoms with Crippen LogP contribution in [0.1, 0.15) is 30.9 Å². The first-order chi connectivity index (χ1) is 9.11. The van der Waals surface area contributed by atoms with Crippen LogP contribution < -0.4 is 11.1 Å². The summed E-state index contributed by atoms with van der Waals surface area (Å²) < 4.78 is 0. The lowest BCUT2D eigenvalue weighted by Crippen LogP contribution is -2.22. The number of carbonyl (C=O) groups is 1. The highest BCUT2D eigenvalue weighted by atomic mass is 16.1. The minimum atomic E-state index is 0.108. The molecule has 0 bridgehead atoms. The second kappa shape index (κ2) is 5.90. The number of rotatable bonds is 3. The molecule has 0 saturated heterocycles. The van der Waals surface area contributed by atoms with E-state index in [1.54, 1.807) is 0 Å². The molecular weight excluding hydrogens is 236 g/mol. The zero-order valence-electron chi connectivity index (χ0n) is 11.5. The van der Waals surface area contributed by atoms with Crippen molar-refractivity contribution in [2.75, 3.05) is 11.9 Å². The zero-order valence-corrected chi connectivity index (χ0v) is 11.5. The van der Waals surface area contributed by atoms with E-state index < -0.39 is 0 Å². The van der Waals surface area contributed by atoms with Crippen molar-refractivity contribution in [3.63, 3.8) is 0 Å². The number of amides is 1. The first-order valence-corrected chi connectivity index (χ1v) is 6.72. The van der Waals surface area contributed by atoms with Gasteiger partial charge >= 0.3 is 0 Å². The van der Waals surface area contributed by atoms with Gasteiger partial charge in [-0.15, -0.1) is 0 Å². The fraction of sp³-hybridized carbons (Fsp3) is 0.438. The summed E-state index contributed by atoms with van der Waals surface area (Å²) in [6, 6.07) is 5.79. The first kappa shape index (κ1) is 13.6. The van der Waals surface area contributed by atoms with E-state index in [0.717, 1.165) is 16.8 Å². The lowest BCUT2D eigenvalue weighted by atomic mass is 10.0. The molecule has 100 valence electrons. The third-order valence-corrected chi connectivity index (χ3v) is 3.56. The average molecular weight is 256 g/mol. The number of hydrogen-bond donors (Lipinski definition) is 2. The Labute approximate surface area is 114 Å². The molecule has 3 N–H and O–H groups in total. The third-order valence-electron chi connectivity index (χ3n) is 3.56. The molecule has 1 saturated carbocycles. The van der Waals surface area contributed by atoms with Gasteiger partial charge < -0.3 is 11.1 Å². The van der Waals surface area contributed by atoms with Crippen LogP contribution in [0.4, 0.5) is 5.69 Å². The van der Waals surface area contributed by atoms with Crippen molar-refractivity contribution in [3.8, 4) is 11.8 Å². The van der Waals surface area contributed by atoms with Crippen LogP contribution in [0, 0.1) is 30.6 Å². The van der Waals surface area contributed by atoms with Gasteiger partial charge in [0.15, 0.2) is 0 Å². The Kier molecular flexibility index (Phi) is 4.24. The van der Waals surface area contributed by atoms with E-state index in [1.807, 2.05) is 32.0 Å². The maximum atomic E-state index is 12.0. The molecule has 2 rings (SSSR count). The minimum absolute atomic E-state index is 0.108. The van der Waals surface area contributed by atoms with Gasteiger partial charge in [0.2, 0.25) is 5.91 Å². The SMILES string of the molecule is Cc1cc(C#CCN)ccc1NC(=O)C(C)C1CC1. The summed E-state index contributed by atoms with van der Waals surface area (Å²) in [4.78, 5) is 12.0. The molecule has 1 atom stereocenters. The van der Waals surface area contributed by atoms with E-state index in [4.69, 9.17) is 5.73 Å². The van der Waals surface area contributed by atoms with E-state index in [-0.39, 0.29) is 11.8 Å². The highest BCUT2D eigenvalue weighted by Gasteiger charge is 2.32. The quantitative estimate of drug-likeness (QED) is 0.815. The van der Waals surface area contributed by atoms with Crippen molar-refractivity contribution in [2.45, 2.75) is 26.7 Å². The highest BCUT2D eigenvalue weighted by molar-refractivity contribution is 5.93. The number of nitrogens with two attached hydrogens (primary N) is 1. The number of hydrogen-bond acceptors (Lipinski definition) is 2. The van der Waals surface area contributed by atoms with E-state index in [0.29, 0.717) is 12.5 Å². The molecule has 19 heavy (non-hydrogen) atoms. The van der Waals surface area contributed by atoms with Gasteiger partial charge in [-0.1, -0.05) is 18.8 Å². The zero-order chi connectivity index (χ0) is 13.8. The lowest BCUT2D eigenvalue weighted by Gasteiger charge is -2.13. The molecule has 0 radical (unpaired) electrons. The first-order valence-electron chi connectivity index (χ1n) is 6.72. The highest BCUT2D eigenvalue weighted by Crippen LogP contribution is 2.37. The van der Waals surface area contributed by atoms with Crippen molar-refractivity contribution in [1.82, 2.24) is 0 Å². The molecule has 1 amide bonds. The van der Waals surface area contributed by atoms with Gasteiger partial charge in [0.25, 0.3) is 0 Å². The van der Waals surface area contributed by atoms with Gasteiger partial charge in [-0.25, -0.2) is 0 Å². The molecule has 0 spiro atoms. The molecule has 1 aromatic carbocycles. The Hall–Kier alpha value is -1.79. The van der Waals surface area contributed by atoms with Gasteiger partial charge in [0, 0.05) is 17.2 Å². The summed E-state index contributed by atoms with van der Waals surface area (Å²) in [5.41, 5.74) is 8.17. The van der Waals surface area contributed by atoms with E-state index in [1.165, 1.54) is 12.8 Å². The Morgan fingerprint density at radius 3 is 2.84 bits per heavy atom. The second-order valence-electron chi connectivity index (χ2n) is 5.15. The van der Waals surface area contributed by atoms with Gasteiger partial charge in [-0.3, -0.25) is 4.79 Å². The molecule has 0 aromatic heterocycles. The molecule has 1 aromatic rings. The smallest absolute Gasteiger partial charge is 0.227 e. The fourth-order valence-corrected chi connectivity index (χ4v) is 2.09. The van der Waals surface area contributed by atoms with Crippen LogP contribution in [0.3, 0.4) is 0 Å². The topological polar surface area (TPSA) is 55.1 Å². The average Bonchev–Trinajstić information content (AvgIpc) is 3.22. The molecule has 1 aliphatic carbocycles. The van der Waals surface area contributed by atoms with Crippen LogP contribution in [-0.2, 0) is 4.79 Å². The van der Waals surface area contributed by atoms with Crippen LogP contribution in [0.2, 0.25) is 0 Å². The van der Waals surface area contributed by atoms with Crippen LogP contribution in [0.25, 0.3) is 0 Å². The normalized spacial score (nSPS) is 15.3. The predicted octanol–water partition coefficient (Wildman–Crippen LogP) is 2.29. The van der Waals surface area contributed by atoms with Gasteiger partial charge in [0.05, 0.1) is 6.54 Å². The molecular formula is C16H20N2O. The maximum Gasteiger partial charge on any atom is 0.227 e. The number of carbonyl (C=O) groups excluding carboxylic acids is 1. The van der Waals surface area contributed by atoms with Crippen molar-refractivity contribution >= 4 is 11.6 Å². The largest absolute Gasteiger partial charge is 0.326 e. The van der Waals surface area contributed by atoms with Gasteiger partial charge in [-0.05, 0) is 49.4 Å². The molecule has 1 aliphatic rings. The van der Waals surface area contributed by atoms with E-state index in [2.05, 4.69) is 17.2 Å². The second-order valence-corrected chi connectivity index (χ2v) is 5.15. The number of aryl methyl sites for hydroxylation is 1. The molecule has 3 heteroatoms. The van der Waals surface area contributed by atoms with Crippen LogP contribution in [0.15, 0.2) is 18.2 Å². The molecule has 1 unspecified atom stereocenters. The molecule has 3 nitrogen and oxygen atoms in total. The summed E-state index contributed by atoms with van der Waals surface area (Å²) in [7, 11) is 0. The van der Waals surface area contributed by atoms with E-state index in [9.17, 15) is 4.79 Å². The fourth-order valence-electron chi connectivity index (χ4n) is 2.09. The third kappa shape index (κ3) is 3.59. The van der Waals surface area contributed by atoms with Gasteiger partial charge in [0.1, 0.15) is 0 Å². The Bertz CT molecular complexity index is 535. The van der Waals surface area contributed by atoms with Gasteiger partial charge in [-0.2, -0.15) is 0 Å². The van der Waals surface area contributed by atoms with Crippen molar-refractivity contribution in [3.05, 3.63) is 29.3 Å². The summed E-state index contributed by atoms with van der Waals surface area (Å²) >= 11 is 0. The molecule has 0 heterocycles. The standard InChI is InChI=1S/C16H20N2O/c1-11-10-13(4-3-9-17)5-8-15(11)18-16(19)12(2)14-6-7-14/h5,8,10,12,14H,6-7,9,17H2,1-2H3,(H,18,19). The number of nitrogens with one attached hydrogen (secondary N) is 1. The molecule has 1 fully saturated rings. The predicted molar refractivity (Wildman–Crippen MR) is 77.6 cm³/mol. The van der Waals surface area contributed by atoms with E-state index >= 15 is 0 Å². The number of anilines is 1. The Morgan fingerprint density at radius 1 is 1.53 bits per heavy atom. The maximum absolute atomic E-state index is 12.0. The van der Waals surface area contributed by atoms with Crippen LogP contribution in [-0.4, -0.2) is 12.5 Å². The summed E-state index contributed by atoms with van der Waals surface area (Å²) in [5.74, 6) is 6.62. The van der Waals surface area contributed by atoms with Crippen molar-refractivity contribution in [2.24, 2.45) is 17.6 Å². The number of benzene rings is 1. The summed E-state index contributed by atoms with van der Waals surface area (Å²) in [5, 5.41) is 3.00. The van der Waals surface area contributed by atoms with Crippen LogP contribution >= 0.6 is 0 Å². The minimum Gasteiger partial charge on any atom is -0.326 e. The molecule has 0 aliphatic heterocycles. The Morgan fingerprint density at radius 2 is 2.26 bits per heavy atom. The Balaban J connectivity index is 2.06.